The summed E-state index contributed by atoms with van der Waals surface area (Å²) in [5.41, 5.74) is 0.692. The zero-order valence-electron chi connectivity index (χ0n) is 13.0. The van der Waals surface area contributed by atoms with Crippen LogP contribution < -0.4 is 0 Å². The molecule has 4 rings (SSSR count). The summed E-state index contributed by atoms with van der Waals surface area (Å²) in [4.78, 5) is 18.6. The van der Waals surface area contributed by atoms with Gasteiger partial charge in [-0.05, 0) is 23.2 Å². The first-order chi connectivity index (χ1) is 11.8. The highest BCUT2D eigenvalue weighted by atomic mass is 32.2. The van der Waals surface area contributed by atoms with Crippen molar-refractivity contribution < 1.29 is 0 Å². The molecule has 0 unspecified atom stereocenters. The van der Waals surface area contributed by atoms with Crippen LogP contribution in [0.1, 0.15) is 12.7 Å². The zero-order valence-corrected chi connectivity index (χ0v) is 14.7. The molecule has 4 aromatic heterocycles. The molecule has 0 atom stereocenters. The predicted octanol–water partition coefficient (Wildman–Crippen LogP) is 2.99. The minimum Gasteiger partial charge on any atom is -0.303 e. The van der Waals surface area contributed by atoms with Crippen molar-refractivity contribution in [2.75, 3.05) is 0 Å². The third kappa shape index (κ3) is 2.65. The largest absolute Gasteiger partial charge is 0.303 e. The lowest BCUT2D eigenvalue weighted by Gasteiger charge is -2.05. The van der Waals surface area contributed by atoms with E-state index in [-0.39, 0.29) is 0 Å². The molecule has 4 heterocycles. The normalized spacial score (nSPS) is 11.2. The Balaban J connectivity index is 1.74. The lowest BCUT2D eigenvalue weighted by molar-refractivity contribution is 0.789. The first-order valence-corrected chi connectivity index (χ1v) is 9.03. The van der Waals surface area contributed by atoms with Gasteiger partial charge in [0.05, 0.1) is 6.20 Å². The molecule has 7 nitrogen and oxygen atoms in total. The van der Waals surface area contributed by atoms with Gasteiger partial charge in [-0.25, -0.2) is 15.0 Å². The molecule has 0 spiro atoms. The van der Waals surface area contributed by atoms with E-state index in [1.54, 1.807) is 29.9 Å². The van der Waals surface area contributed by atoms with E-state index in [0.29, 0.717) is 11.5 Å². The number of rotatable bonds is 4. The summed E-state index contributed by atoms with van der Waals surface area (Å²) in [6.45, 7) is 2.05. The van der Waals surface area contributed by atoms with Gasteiger partial charge in [0.15, 0.2) is 11.0 Å². The molecule has 24 heavy (non-hydrogen) atoms. The van der Waals surface area contributed by atoms with Crippen molar-refractivity contribution in [2.45, 2.75) is 23.5 Å². The fourth-order valence-electron chi connectivity index (χ4n) is 2.23. The maximum absolute atomic E-state index is 4.66. The molecule has 0 saturated heterocycles. The van der Waals surface area contributed by atoms with E-state index in [2.05, 4.69) is 37.1 Å². The molecule has 0 N–H and O–H groups in total. The standard InChI is InChI=1S/C15H13N7S2/c1-3-11-18-13-9(4-7-23-13)14(19-11)24-15-21-20-12(22(15)2)10-8-16-5-6-17-10/h4-8H,3H2,1-2H3. The molecule has 0 fully saturated rings. The Hall–Kier alpha value is -2.39. The van der Waals surface area contributed by atoms with Gasteiger partial charge in [-0.2, -0.15) is 0 Å². The number of aromatic nitrogens is 7. The van der Waals surface area contributed by atoms with Gasteiger partial charge in [0.25, 0.3) is 0 Å². The molecule has 0 aromatic carbocycles. The Morgan fingerprint density at radius 2 is 2.12 bits per heavy atom. The molecule has 0 amide bonds. The van der Waals surface area contributed by atoms with E-state index in [0.717, 1.165) is 32.6 Å². The first kappa shape index (κ1) is 15.2. The van der Waals surface area contributed by atoms with Crippen molar-refractivity contribution >= 4 is 33.3 Å². The molecular weight excluding hydrogens is 342 g/mol. The smallest absolute Gasteiger partial charge is 0.197 e. The Morgan fingerprint density at radius 1 is 1.21 bits per heavy atom. The van der Waals surface area contributed by atoms with Gasteiger partial charge in [-0.15, -0.1) is 21.5 Å². The molecule has 4 aromatic rings. The van der Waals surface area contributed by atoms with Crippen molar-refractivity contribution in [3.63, 3.8) is 0 Å². The summed E-state index contributed by atoms with van der Waals surface area (Å²) in [5, 5.41) is 13.3. The second-order valence-corrected chi connectivity index (χ2v) is 6.85. The van der Waals surface area contributed by atoms with Crippen LogP contribution in [0.5, 0.6) is 0 Å². The summed E-state index contributed by atoms with van der Waals surface area (Å²) in [6, 6.07) is 2.04. The maximum atomic E-state index is 4.66. The van der Waals surface area contributed by atoms with Crippen molar-refractivity contribution in [3.05, 3.63) is 35.9 Å². The van der Waals surface area contributed by atoms with E-state index in [9.17, 15) is 0 Å². The van der Waals surface area contributed by atoms with Gasteiger partial charge in [-0.1, -0.05) is 6.92 Å². The fraction of sp³-hybridized carbons (Fsp3) is 0.200. The SMILES string of the molecule is CCc1nc(Sc2nnc(-c3cnccn3)n2C)c2ccsc2n1. The fourth-order valence-corrected chi connectivity index (χ4v) is 3.99. The van der Waals surface area contributed by atoms with Crippen LogP contribution in [-0.2, 0) is 13.5 Å². The predicted molar refractivity (Wildman–Crippen MR) is 92.9 cm³/mol. The van der Waals surface area contributed by atoms with Crippen LogP contribution in [0.15, 0.2) is 40.2 Å². The van der Waals surface area contributed by atoms with E-state index in [1.807, 2.05) is 23.1 Å². The molecule has 0 aliphatic rings. The second kappa shape index (κ2) is 6.25. The van der Waals surface area contributed by atoms with E-state index in [4.69, 9.17) is 0 Å². The summed E-state index contributed by atoms with van der Waals surface area (Å²) in [6.07, 6.45) is 5.75. The summed E-state index contributed by atoms with van der Waals surface area (Å²) in [5.74, 6) is 1.51. The second-order valence-electron chi connectivity index (χ2n) is 5.00. The topological polar surface area (TPSA) is 82.3 Å². The molecular formula is C15H13N7S2. The summed E-state index contributed by atoms with van der Waals surface area (Å²) >= 11 is 3.11. The lowest BCUT2D eigenvalue weighted by Crippen LogP contribution is -1.98. The molecule has 9 heteroatoms. The number of aryl methyl sites for hydroxylation is 1. The van der Waals surface area contributed by atoms with Gasteiger partial charge in [0.2, 0.25) is 0 Å². The van der Waals surface area contributed by atoms with Crippen LogP contribution in [0.3, 0.4) is 0 Å². The minimum atomic E-state index is 0.678. The molecule has 0 bridgehead atoms. The van der Waals surface area contributed by atoms with E-state index >= 15 is 0 Å². The minimum absolute atomic E-state index is 0.678. The Labute approximate surface area is 146 Å². The van der Waals surface area contributed by atoms with Crippen molar-refractivity contribution in [2.24, 2.45) is 7.05 Å². The van der Waals surface area contributed by atoms with Crippen LogP contribution in [-0.4, -0.2) is 34.7 Å². The van der Waals surface area contributed by atoms with Crippen molar-refractivity contribution in [3.8, 4) is 11.5 Å². The Morgan fingerprint density at radius 3 is 2.92 bits per heavy atom. The van der Waals surface area contributed by atoms with Crippen molar-refractivity contribution in [1.29, 1.82) is 0 Å². The Bertz CT molecular complexity index is 994. The molecule has 120 valence electrons. The number of fused-ring (bicyclic) bond motifs is 1. The highest BCUT2D eigenvalue weighted by Crippen LogP contribution is 2.33. The highest BCUT2D eigenvalue weighted by Gasteiger charge is 2.16. The number of thiophene rings is 1. The Kier molecular flexibility index (Phi) is 3.95. The van der Waals surface area contributed by atoms with Crippen LogP contribution in [0.25, 0.3) is 21.7 Å². The van der Waals surface area contributed by atoms with Crippen LogP contribution >= 0.6 is 23.1 Å². The van der Waals surface area contributed by atoms with Gasteiger partial charge in [0.1, 0.15) is 21.4 Å². The first-order valence-electron chi connectivity index (χ1n) is 7.34. The van der Waals surface area contributed by atoms with Crippen LogP contribution in [0.4, 0.5) is 0 Å². The molecule has 0 saturated carbocycles. The van der Waals surface area contributed by atoms with Gasteiger partial charge in [-0.3, -0.25) is 4.98 Å². The zero-order chi connectivity index (χ0) is 16.5. The van der Waals surface area contributed by atoms with Crippen LogP contribution in [0, 0.1) is 0 Å². The monoisotopic (exact) mass is 355 g/mol. The van der Waals surface area contributed by atoms with E-state index in [1.165, 1.54) is 11.8 Å². The van der Waals surface area contributed by atoms with Crippen LogP contribution in [0.2, 0.25) is 0 Å². The number of hydrogen-bond donors (Lipinski definition) is 0. The molecule has 0 aliphatic carbocycles. The molecule has 0 aliphatic heterocycles. The summed E-state index contributed by atoms with van der Waals surface area (Å²) in [7, 11) is 1.92. The quantitative estimate of drug-likeness (QED) is 0.520. The van der Waals surface area contributed by atoms with E-state index < -0.39 is 0 Å². The van der Waals surface area contributed by atoms with Crippen molar-refractivity contribution in [1.82, 2.24) is 34.7 Å². The van der Waals surface area contributed by atoms with Gasteiger partial charge < -0.3 is 4.57 Å². The maximum Gasteiger partial charge on any atom is 0.197 e. The molecule has 0 radical (unpaired) electrons. The average Bonchev–Trinajstić information content (AvgIpc) is 3.23. The lowest BCUT2D eigenvalue weighted by atomic mass is 10.4. The average molecular weight is 355 g/mol. The van der Waals surface area contributed by atoms with Gasteiger partial charge in [0, 0.05) is 31.2 Å². The third-order valence-corrected chi connectivity index (χ3v) is 5.32. The number of hydrogen-bond acceptors (Lipinski definition) is 8. The highest BCUT2D eigenvalue weighted by molar-refractivity contribution is 7.99. The summed E-state index contributed by atoms with van der Waals surface area (Å²) < 4.78 is 1.90. The third-order valence-electron chi connectivity index (χ3n) is 3.47. The van der Waals surface area contributed by atoms with Gasteiger partial charge >= 0.3 is 0 Å². The number of nitrogens with zero attached hydrogens (tertiary/aromatic N) is 7.